The monoisotopic (exact) mass is 342 g/mol. The summed E-state index contributed by atoms with van der Waals surface area (Å²) in [6, 6.07) is 9.47. The lowest BCUT2D eigenvalue weighted by Crippen LogP contribution is -2.53. The number of hydrogen-bond donors (Lipinski definition) is 1. The molecule has 1 aromatic carbocycles. The molecule has 1 aliphatic carbocycles. The van der Waals surface area contributed by atoms with Crippen LogP contribution >= 0.6 is 0 Å². The van der Waals surface area contributed by atoms with Gasteiger partial charge in [-0.25, -0.2) is 9.67 Å². The van der Waals surface area contributed by atoms with Crippen LogP contribution in [0.1, 0.15) is 29.9 Å². The molecule has 0 radical (unpaired) electrons. The third-order valence-corrected chi connectivity index (χ3v) is 5.16. The number of carbonyl (C=O) groups excluding carboxylic acids is 1. The Morgan fingerprint density at radius 3 is 2.84 bits per heavy atom. The van der Waals surface area contributed by atoms with Gasteiger partial charge in [-0.3, -0.25) is 4.79 Å². The molecular formula is C18H22N4O3. The molecule has 0 unspecified atom stereocenters. The first kappa shape index (κ1) is 16.2. The Hall–Kier alpha value is -2.25. The van der Waals surface area contributed by atoms with Crippen LogP contribution in [0.5, 0.6) is 0 Å². The number of aliphatic hydroxyl groups is 1. The number of amides is 1. The van der Waals surface area contributed by atoms with Crippen LogP contribution in [-0.2, 0) is 4.74 Å². The summed E-state index contributed by atoms with van der Waals surface area (Å²) in [4.78, 5) is 19.0. The first-order valence-corrected chi connectivity index (χ1v) is 8.78. The highest BCUT2D eigenvalue weighted by Gasteiger charge is 2.40. The van der Waals surface area contributed by atoms with Gasteiger partial charge in [0.2, 0.25) is 5.82 Å². The molecule has 1 saturated heterocycles. The molecule has 2 heterocycles. The Morgan fingerprint density at radius 1 is 1.24 bits per heavy atom. The van der Waals surface area contributed by atoms with Gasteiger partial charge in [-0.05, 0) is 25.0 Å². The molecule has 1 amide bonds. The largest absolute Gasteiger partial charge is 0.393 e. The average Bonchev–Trinajstić information content (AvgIpc) is 3.31. The Labute approximate surface area is 146 Å². The fraction of sp³-hybridized carbons (Fsp3) is 0.500. The summed E-state index contributed by atoms with van der Waals surface area (Å²) in [6.45, 7) is 1.48. The molecule has 2 aromatic rings. The van der Waals surface area contributed by atoms with E-state index in [9.17, 15) is 9.90 Å². The van der Waals surface area contributed by atoms with Crippen molar-refractivity contribution in [2.24, 2.45) is 5.92 Å². The van der Waals surface area contributed by atoms with E-state index >= 15 is 0 Å². The number of nitrogens with zero attached hydrogens (tertiary/aromatic N) is 4. The lowest BCUT2D eigenvalue weighted by Gasteiger charge is -2.39. The summed E-state index contributed by atoms with van der Waals surface area (Å²) in [6.07, 6.45) is 3.90. The number of hydrogen-bond acceptors (Lipinski definition) is 5. The van der Waals surface area contributed by atoms with Crippen LogP contribution in [0, 0.1) is 5.92 Å². The molecule has 1 aliphatic heterocycles. The van der Waals surface area contributed by atoms with Crippen molar-refractivity contribution in [3.63, 3.8) is 0 Å². The molecule has 2 fully saturated rings. The molecule has 4 rings (SSSR count). The topological polar surface area (TPSA) is 80.5 Å². The summed E-state index contributed by atoms with van der Waals surface area (Å²) in [5, 5.41) is 14.6. The second kappa shape index (κ2) is 6.93. The molecule has 132 valence electrons. The summed E-state index contributed by atoms with van der Waals surface area (Å²) >= 11 is 0. The molecule has 0 spiro atoms. The van der Waals surface area contributed by atoms with Gasteiger partial charge in [-0.15, -0.1) is 5.10 Å². The minimum atomic E-state index is -0.364. The van der Waals surface area contributed by atoms with Crippen molar-refractivity contribution in [2.45, 2.75) is 31.4 Å². The van der Waals surface area contributed by atoms with Gasteiger partial charge in [0, 0.05) is 12.5 Å². The average molecular weight is 342 g/mol. The van der Waals surface area contributed by atoms with E-state index in [4.69, 9.17) is 4.74 Å². The van der Waals surface area contributed by atoms with Crippen LogP contribution in [0.2, 0.25) is 0 Å². The highest BCUT2D eigenvalue weighted by molar-refractivity contribution is 5.90. The summed E-state index contributed by atoms with van der Waals surface area (Å²) in [5.41, 5.74) is 0.860. The number of morpholine rings is 1. The van der Waals surface area contributed by atoms with E-state index in [2.05, 4.69) is 10.1 Å². The van der Waals surface area contributed by atoms with Crippen LogP contribution in [-0.4, -0.2) is 62.6 Å². The third kappa shape index (κ3) is 3.17. The van der Waals surface area contributed by atoms with Gasteiger partial charge < -0.3 is 14.7 Å². The normalized spacial score (nSPS) is 26.8. The predicted molar refractivity (Wildman–Crippen MR) is 90.4 cm³/mol. The highest BCUT2D eigenvalue weighted by Crippen LogP contribution is 2.32. The number of aliphatic hydroxyl groups excluding tert-OH is 1. The Kier molecular flexibility index (Phi) is 4.50. The molecule has 0 bridgehead atoms. The number of carbonyl (C=O) groups is 1. The zero-order valence-corrected chi connectivity index (χ0v) is 14.0. The van der Waals surface area contributed by atoms with E-state index in [1.807, 2.05) is 30.3 Å². The maximum atomic E-state index is 13.0. The lowest BCUT2D eigenvalue weighted by atomic mass is 9.94. The van der Waals surface area contributed by atoms with Gasteiger partial charge in [-0.2, -0.15) is 0 Å². The Morgan fingerprint density at radius 2 is 2.08 bits per heavy atom. The first-order chi connectivity index (χ1) is 12.2. The number of rotatable bonds is 3. The van der Waals surface area contributed by atoms with Crippen molar-refractivity contribution < 1.29 is 14.6 Å². The quantitative estimate of drug-likeness (QED) is 0.908. The van der Waals surface area contributed by atoms with Gasteiger partial charge in [-0.1, -0.05) is 24.6 Å². The summed E-state index contributed by atoms with van der Waals surface area (Å²) < 4.78 is 7.19. The Balaban J connectivity index is 1.55. The van der Waals surface area contributed by atoms with E-state index in [1.165, 1.54) is 0 Å². The lowest BCUT2D eigenvalue weighted by molar-refractivity contribution is -0.0387. The molecule has 3 atom stereocenters. The fourth-order valence-corrected chi connectivity index (χ4v) is 3.84. The van der Waals surface area contributed by atoms with Gasteiger partial charge in [0.1, 0.15) is 6.33 Å². The van der Waals surface area contributed by atoms with E-state index in [0.717, 1.165) is 24.9 Å². The maximum absolute atomic E-state index is 13.0. The van der Waals surface area contributed by atoms with E-state index < -0.39 is 0 Å². The van der Waals surface area contributed by atoms with Crippen molar-refractivity contribution in [1.82, 2.24) is 19.7 Å². The minimum Gasteiger partial charge on any atom is -0.393 e. The molecular weight excluding hydrogens is 320 g/mol. The van der Waals surface area contributed by atoms with Crippen molar-refractivity contribution in [3.05, 3.63) is 42.5 Å². The van der Waals surface area contributed by atoms with Crippen LogP contribution in [0.25, 0.3) is 5.69 Å². The van der Waals surface area contributed by atoms with Crippen LogP contribution in [0.4, 0.5) is 0 Å². The van der Waals surface area contributed by atoms with Crippen molar-refractivity contribution >= 4 is 5.91 Å². The molecule has 1 saturated carbocycles. The van der Waals surface area contributed by atoms with Crippen LogP contribution in [0.3, 0.4) is 0 Å². The highest BCUT2D eigenvalue weighted by atomic mass is 16.5. The maximum Gasteiger partial charge on any atom is 0.293 e. The number of ether oxygens (including phenoxy) is 1. The third-order valence-electron chi connectivity index (χ3n) is 5.16. The number of benzene rings is 1. The zero-order valence-electron chi connectivity index (χ0n) is 14.0. The molecule has 1 aromatic heterocycles. The molecule has 1 N–H and O–H groups in total. The second-order valence-electron chi connectivity index (χ2n) is 6.65. The summed E-state index contributed by atoms with van der Waals surface area (Å²) in [7, 11) is 0. The van der Waals surface area contributed by atoms with Crippen LogP contribution in [0.15, 0.2) is 36.7 Å². The molecule has 7 nitrogen and oxygen atoms in total. The number of aromatic nitrogens is 3. The minimum absolute atomic E-state index is 0.0699. The van der Waals surface area contributed by atoms with Gasteiger partial charge in [0.05, 0.1) is 31.0 Å². The van der Waals surface area contributed by atoms with Crippen molar-refractivity contribution in [3.8, 4) is 5.69 Å². The van der Waals surface area contributed by atoms with Crippen molar-refractivity contribution in [2.75, 3.05) is 19.8 Å². The van der Waals surface area contributed by atoms with E-state index in [1.54, 1.807) is 15.9 Å². The second-order valence-corrected chi connectivity index (χ2v) is 6.65. The van der Waals surface area contributed by atoms with Crippen molar-refractivity contribution in [1.29, 1.82) is 0 Å². The zero-order chi connectivity index (χ0) is 17.2. The van der Waals surface area contributed by atoms with E-state index in [0.29, 0.717) is 19.8 Å². The molecule has 25 heavy (non-hydrogen) atoms. The van der Waals surface area contributed by atoms with Gasteiger partial charge >= 0.3 is 0 Å². The Bertz CT molecular complexity index is 733. The fourth-order valence-electron chi connectivity index (χ4n) is 3.84. The summed E-state index contributed by atoms with van der Waals surface area (Å²) in [5.74, 6) is 0.0609. The smallest absolute Gasteiger partial charge is 0.293 e. The standard InChI is InChI=1S/C18H22N4O3/c23-16-8-4-7-14(16)15-11-25-10-9-21(15)18(24)17-19-12-22(20-17)13-5-2-1-3-6-13/h1-3,5-6,12,14-16,23H,4,7-11H2/t14-,15-,16-/m1/s1. The van der Waals surface area contributed by atoms with E-state index in [-0.39, 0.29) is 29.8 Å². The SMILES string of the molecule is O=C(c1ncn(-c2ccccc2)n1)N1CCOC[C@@H]1[C@H]1CCC[C@H]1O. The van der Waals surface area contributed by atoms with Gasteiger partial charge in [0.25, 0.3) is 5.91 Å². The molecule has 7 heteroatoms. The number of para-hydroxylation sites is 1. The predicted octanol–water partition coefficient (Wildman–Crippen LogP) is 1.27. The van der Waals surface area contributed by atoms with Crippen LogP contribution < -0.4 is 0 Å². The first-order valence-electron chi connectivity index (χ1n) is 8.78. The molecule has 2 aliphatic rings. The van der Waals surface area contributed by atoms with Gasteiger partial charge in [0.15, 0.2) is 0 Å².